The second-order valence-electron chi connectivity index (χ2n) is 7.27. The van der Waals surface area contributed by atoms with Crippen molar-refractivity contribution in [3.63, 3.8) is 0 Å². The molecule has 6 nitrogen and oxygen atoms in total. The van der Waals surface area contributed by atoms with E-state index in [1.807, 2.05) is 0 Å². The number of pyridine rings is 1. The Labute approximate surface area is 175 Å². The molecule has 0 saturated carbocycles. The Balaban J connectivity index is 1.88. The van der Waals surface area contributed by atoms with Crippen LogP contribution in [-0.2, 0) is 37.4 Å². The Morgan fingerprint density at radius 3 is 2.55 bits per heavy atom. The molecule has 2 unspecified atom stereocenters. The van der Waals surface area contributed by atoms with Crippen LogP contribution in [0, 0.1) is 5.92 Å². The van der Waals surface area contributed by atoms with E-state index in [4.69, 9.17) is 0 Å². The maximum Gasteiger partial charge on any atom is 0.417 e. The highest BCUT2D eigenvalue weighted by atomic mass is 32.2. The summed E-state index contributed by atoms with van der Waals surface area (Å²) in [5, 5.41) is 4.36. The zero-order valence-electron chi connectivity index (χ0n) is 16.4. The summed E-state index contributed by atoms with van der Waals surface area (Å²) in [7, 11) is 1.51. The number of imidazole rings is 1. The molecular weight excluding hydrogens is 448 g/mol. The maximum absolute atomic E-state index is 13.3. The van der Waals surface area contributed by atoms with Crippen molar-refractivity contribution in [2.24, 2.45) is 13.0 Å². The fourth-order valence-electron chi connectivity index (χ4n) is 3.73. The van der Waals surface area contributed by atoms with Crippen molar-refractivity contribution in [1.29, 1.82) is 0 Å². The van der Waals surface area contributed by atoms with E-state index in [1.54, 1.807) is 6.92 Å². The third kappa shape index (κ3) is 3.77. The first-order valence-corrected chi connectivity index (χ1v) is 10.7. The highest BCUT2D eigenvalue weighted by Crippen LogP contribution is 2.40. The first-order valence-electron chi connectivity index (χ1n) is 9.36. The molecular formula is C18H17F6N5OS. The molecule has 13 heteroatoms. The summed E-state index contributed by atoms with van der Waals surface area (Å²) in [6.45, 7) is 1.62. The van der Waals surface area contributed by atoms with Gasteiger partial charge in [0.1, 0.15) is 11.3 Å². The van der Waals surface area contributed by atoms with E-state index < -0.39 is 35.0 Å². The summed E-state index contributed by atoms with van der Waals surface area (Å²) in [6, 6.07) is 0.845. The molecule has 0 aromatic carbocycles. The van der Waals surface area contributed by atoms with E-state index in [9.17, 15) is 30.9 Å². The lowest BCUT2D eigenvalue weighted by Gasteiger charge is -2.25. The van der Waals surface area contributed by atoms with Crippen LogP contribution in [0.2, 0.25) is 0 Å². The van der Waals surface area contributed by atoms with Crippen molar-refractivity contribution in [2.45, 2.75) is 43.6 Å². The molecule has 0 radical (unpaired) electrons. The van der Waals surface area contributed by atoms with Crippen molar-refractivity contribution < 1.29 is 30.9 Å². The van der Waals surface area contributed by atoms with Gasteiger partial charge in [0.25, 0.3) is 0 Å². The number of aromatic nitrogens is 5. The SMILES string of the molecule is CC[S+]([O-])c1c(-c2nc3cc(C(F)(F)F)cnc3n2C)nn2c1CC(C(F)(F)F)CC2. The molecule has 3 aromatic heterocycles. The van der Waals surface area contributed by atoms with Gasteiger partial charge < -0.3 is 9.12 Å². The molecule has 31 heavy (non-hydrogen) atoms. The van der Waals surface area contributed by atoms with E-state index in [0.29, 0.717) is 6.20 Å². The number of fused-ring (bicyclic) bond motifs is 2. The van der Waals surface area contributed by atoms with Crippen LogP contribution in [0.4, 0.5) is 26.3 Å². The van der Waals surface area contributed by atoms with Gasteiger partial charge in [-0.3, -0.25) is 4.68 Å². The predicted octanol–water partition coefficient (Wildman–Crippen LogP) is 4.10. The van der Waals surface area contributed by atoms with Crippen LogP contribution in [0.3, 0.4) is 0 Å². The molecule has 0 fully saturated rings. The average molecular weight is 465 g/mol. The van der Waals surface area contributed by atoms with Gasteiger partial charge in [0.15, 0.2) is 17.2 Å². The smallest absolute Gasteiger partial charge is 0.417 e. The normalized spacial score (nSPS) is 18.4. The lowest BCUT2D eigenvalue weighted by Crippen LogP contribution is -2.32. The van der Waals surface area contributed by atoms with Crippen molar-refractivity contribution in [3.8, 4) is 11.5 Å². The summed E-state index contributed by atoms with van der Waals surface area (Å²) in [5.41, 5.74) is -0.541. The molecule has 1 aliphatic rings. The Kier molecular flexibility index (Phi) is 5.23. The Morgan fingerprint density at radius 2 is 1.94 bits per heavy atom. The van der Waals surface area contributed by atoms with Gasteiger partial charge in [-0.25, -0.2) is 9.97 Å². The van der Waals surface area contributed by atoms with Crippen LogP contribution in [0.25, 0.3) is 22.7 Å². The van der Waals surface area contributed by atoms with E-state index in [-0.39, 0.29) is 58.4 Å². The molecule has 0 spiro atoms. The van der Waals surface area contributed by atoms with Crippen molar-refractivity contribution in [2.75, 3.05) is 5.75 Å². The van der Waals surface area contributed by atoms with Gasteiger partial charge in [-0.05, 0) is 30.6 Å². The Morgan fingerprint density at radius 1 is 1.23 bits per heavy atom. The maximum atomic E-state index is 13.3. The van der Waals surface area contributed by atoms with Crippen LogP contribution in [-0.4, -0.2) is 40.8 Å². The number of aryl methyl sites for hydroxylation is 2. The highest BCUT2D eigenvalue weighted by molar-refractivity contribution is 7.91. The molecule has 168 valence electrons. The molecule has 0 aliphatic carbocycles. The summed E-state index contributed by atoms with van der Waals surface area (Å²) >= 11 is -1.66. The molecule has 0 amide bonds. The van der Waals surface area contributed by atoms with Crippen LogP contribution in [0.15, 0.2) is 17.2 Å². The molecule has 0 saturated heterocycles. The standard InChI is InChI=1S/C18H17F6N5OS/c1-3-31(30)14-12-7-9(17(19,20)21)4-5-29(12)27-13(14)16-26-11-6-10(18(22,23)24)8-25-15(11)28(16)2/h6,8-9H,3-5,7H2,1-2H3. The zero-order chi connectivity index (χ0) is 22.7. The monoisotopic (exact) mass is 465 g/mol. The number of halogens is 6. The van der Waals surface area contributed by atoms with Gasteiger partial charge >= 0.3 is 12.4 Å². The summed E-state index contributed by atoms with van der Waals surface area (Å²) in [6.07, 6.45) is -8.83. The zero-order valence-corrected chi connectivity index (χ0v) is 17.2. The Bertz CT molecular complexity index is 1140. The van der Waals surface area contributed by atoms with Gasteiger partial charge in [0, 0.05) is 26.2 Å². The van der Waals surface area contributed by atoms with Crippen molar-refractivity contribution in [1.82, 2.24) is 24.3 Å². The van der Waals surface area contributed by atoms with Crippen LogP contribution in [0.1, 0.15) is 24.6 Å². The first-order chi connectivity index (χ1) is 14.4. The Hall–Kier alpha value is -2.28. The second-order valence-corrected chi connectivity index (χ2v) is 8.95. The van der Waals surface area contributed by atoms with Crippen molar-refractivity contribution >= 4 is 22.3 Å². The number of hydrogen-bond acceptors (Lipinski definition) is 4. The molecule has 0 N–H and O–H groups in total. The van der Waals surface area contributed by atoms with Crippen LogP contribution >= 0.6 is 0 Å². The van der Waals surface area contributed by atoms with Crippen molar-refractivity contribution in [3.05, 3.63) is 23.5 Å². The third-order valence-corrected chi connectivity index (χ3v) is 6.75. The molecule has 1 aliphatic heterocycles. The van der Waals surface area contributed by atoms with E-state index >= 15 is 0 Å². The molecule has 2 atom stereocenters. The molecule has 3 aromatic rings. The number of hydrogen-bond donors (Lipinski definition) is 0. The number of alkyl halides is 6. The van der Waals surface area contributed by atoms with Gasteiger partial charge in [-0.15, -0.1) is 0 Å². The topological polar surface area (TPSA) is 71.6 Å². The summed E-state index contributed by atoms with van der Waals surface area (Å²) in [4.78, 5) is 8.19. The average Bonchev–Trinajstić information content (AvgIpc) is 3.23. The second kappa shape index (κ2) is 7.40. The van der Waals surface area contributed by atoms with Gasteiger partial charge in [0.05, 0.1) is 17.2 Å². The minimum atomic E-state index is -4.60. The molecule has 4 heterocycles. The van der Waals surface area contributed by atoms with E-state index in [1.165, 1.54) is 16.3 Å². The lowest BCUT2D eigenvalue weighted by atomic mass is 9.95. The predicted molar refractivity (Wildman–Crippen MR) is 99.5 cm³/mol. The highest BCUT2D eigenvalue weighted by Gasteiger charge is 2.44. The quantitative estimate of drug-likeness (QED) is 0.431. The third-order valence-electron chi connectivity index (χ3n) is 5.34. The van der Waals surface area contributed by atoms with Gasteiger partial charge in [0.2, 0.25) is 4.90 Å². The number of rotatable bonds is 3. The molecule has 4 rings (SSSR count). The van der Waals surface area contributed by atoms with Crippen LogP contribution < -0.4 is 0 Å². The van der Waals surface area contributed by atoms with Gasteiger partial charge in [-0.2, -0.15) is 31.4 Å². The minimum Gasteiger partial charge on any atom is -0.611 e. The summed E-state index contributed by atoms with van der Waals surface area (Å²) in [5.74, 6) is -1.33. The van der Waals surface area contributed by atoms with Gasteiger partial charge in [-0.1, -0.05) is 0 Å². The largest absolute Gasteiger partial charge is 0.611 e. The fourth-order valence-corrected chi connectivity index (χ4v) is 4.82. The van der Waals surface area contributed by atoms with E-state index in [0.717, 1.165) is 6.07 Å². The molecule has 0 bridgehead atoms. The lowest BCUT2D eigenvalue weighted by molar-refractivity contribution is -0.179. The van der Waals surface area contributed by atoms with Crippen LogP contribution in [0.5, 0.6) is 0 Å². The fraction of sp³-hybridized carbons (Fsp3) is 0.500. The minimum absolute atomic E-state index is 0.00611. The number of nitrogens with zero attached hydrogens (tertiary/aromatic N) is 5. The van der Waals surface area contributed by atoms with E-state index in [2.05, 4.69) is 15.1 Å². The first kappa shape index (κ1) is 21.9. The summed E-state index contributed by atoms with van der Waals surface area (Å²) < 4.78 is 94.6.